The van der Waals surface area contributed by atoms with E-state index in [1.807, 2.05) is 0 Å². The smallest absolute Gasteiger partial charge is 0.408 e. The second-order valence-electron chi connectivity index (χ2n) is 11.4. The maximum Gasteiger partial charge on any atom is 0.408 e. The second kappa shape index (κ2) is 14.9. The molecule has 11 nitrogen and oxygen atoms in total. The average Bonchev–Trinajstić information content (AvgIpc) is 3.53. The minimum absolute atomic E-state index is 0.0280. The van der Waals surface area contributed by atoms with Crippen LogP contribution in [0.1, 0.15) is 98.8 Å². The molecule has 0 radical (unpaired) electrons. The Labute approximate surface area is 226 Å². The molecule has 0 unspecified atom stereocenters. The molecule has 3 amide bonds. The predicted octanol–water partition coefficient (Wildman–Crippen LogP) is 2.89. The summed E-state index contributed by atoms with van der Waals surface area (Å²) in [5.41, 5.74) is -0.764. The summed E-state index contributed by atoms with van der Waals surface area (Å²) in [6, 6.07) is -2.40. The van der Waals surface area contributed by atoms with Crippen molar-refractivity contribution in [3.05, 3.63) is 0 Å². The Bertz CT molecular complexity index is 864. The molecule has 0 saturated heterocycles. The van der Waals surface area contributed by atoms with E-state index in [4.69, 9.17) is 15.6 Å². The molecule has 2 aliphatic carbocycles. The van der Waals surface area contributed by atoms with Crippen molar-refractivity contribution in [3.8, 4) is 0 Å². The van der Waals surface area contributed by atoms with Crippen LogP contribution in [0.15, 0.2) is 0 Å². The van der Waals surface area contributed by atoms with E-state index in [2.05, 4.69) is 10.6 Å². The molecule has 38 heavy (non-hydrogen) atoms. The molecule has 0 bridgehead atoms. The van der Waals surface area contributed by atoms with E-state index in [-0.39, 0.29) is 25.0 Å². The Morgan fingerprint density at radius 1 is 0.921 bits per heavy atom. The van der Waals surface area contributed by atoms with E-state index in [1.54, 1.807) is 34.6 Å². The highest BCUT2D eigenvalue weighted by atomic mass is 16.6. The fourth-order valence-corrected chi connectivity index (χ4v) is 4.45. The number of carbonyl (C=O) groups excluding carboxylic acids is 5. The van der Waals surface area contributed by atoms with Crippen LogP contribution in [0.3, 0.4) is 0 Å². The molecule has 216 valence electrons. The van der Waals surface area contributed by atoms with Crippen LogP contribution in [0, 0.1) is 5.92 Å². The van der Waals surface area contributed by atoms with Gasteiger partial charge in [0.1, 0.15) is 36.4 Å². The van der Waals surface area contributed by atoms with Crippen LogP contribution in [0.25, 0.3) is 0 Å². The van der Waals surface area contributed by atoms with Crippen molar-refractivity contribution in [2.75, 3.05) is 6.54 Å². The van der Waals surface area contributed by atoms with Crippen molar-refractivity contribution in [2.24, 2.45) is 5.92 Å². The summed E-state index contributed by atoms with van der Waals surface area (Å²) in [4.78, 5) is 63.2. The quantitative estimate of drug-likeness (QED) is 0.253. The number of nitrogens with one attached hydrogen (secondary N) is 3. The van der Waals surface area contributed by atoms with Gasteiger partial charge >= 0.3 is 18.0 Å². The Kier molecular flexibility index (Phi) is 11.7. The fourth-order valence-electron chi connectivity index (χ4n) is 4.45. The first kappa shape index (κ1) is 29.7. The van der Waals surface area contributed by atoms with Gasteiger partial charge in [0.25, 0.3) is 0 Å². The SMILES string of the molecule is [2H]N(C(=O)CNC(=O)OC(C)(C)C)[C@H](C(=O)N[C@@H](CCC(=O)OC1CCCC1)C(=O)OC1CCCC1)C(C)C. The first-order valence-electron chi connectivity index (χ1n) is 14.2. The molecule has 0 aromatic rings. The molecular formula is C27H45N3O8. The van der Waals surface area contributed by atoms with Gasteiger partial charge in [-0.25, -0.2) is 9.59 Å². The van der Waals surface area contributed by atoms with Crippen molar-refractivity contribution in [1.29, 1.82) is 0 Å². The van der Waals surface area contributed by atoms with Crippen LogP contribution in [-0.2, 0) is 33.4 Å². The number of esters is 2. The minimum atomic E-state index is -1.26. The van der Waals surface area contributed by atoms with Crippen LogP contribution in [0.5, 0.6) is 0 Å². The van der Waals surface area contributed by atoms with Gasteiger partial charge < -0.3 is 30.2 Å². The number of ether oxygens (including phenoxy) is 3. The Morgan fingerprint density at radius 3 is 2.00 bits per heavy atom. The Balaban J connectivity index is 2.03. The standard InChI is InChI=1S/C27H45N3O8/c1-17(2)23(30-21(31)16-28-26(35)38-27(3,4)5)24(33)29-20(25(34)37-19-12-8-9-13-19)14-15-22(32)36-18-10-6-7-11-18/h17-20,23H,6-16H2,1-5H3,(H,28,35)(H,29,33)(H,30,31)/t20-,23-/m0/s1/i/hD. The molecule has 0 aliphatic heterocycles. The van der Waals surface area contributed by atoms with Crippen LogP contribution in [0.2, 0.25) is 1.41 Å². The molecule has 0 heterocycles. The zero-order chi connectivity index (χ0) is 29.2. The molecule has 0 aromatic carbocycles. The van der Waals surface area contributed by atoms with Crippen molar-refractivity contribution < 1.29 is 39.6 Å². The largest absolute Gasteiger partial charge is 0.462 e. The lowest BCUT2D eigenvalue weighted by Gasteiger charge is -2.26. The lowest BCUT2D eigenvalue weighted by molar-refractivity contribution is -0.154. The highest BCUT2D eigenvalue weighted by Gasteiger charge is 2.32. The average molecular weight is 541 g/mol. The molecule has 11 heteroatoms. The second-order valence-corrected chi connectivity index (χ2v) is 11.4. The normalized spacial score (nSPS) is 18.3. The molecule has 0 aromatic heterocycles. The molecule has 3 N–H and O–H groups in total. The Hall–Kier alpha value is -2.85. The molecule has 2 aliphatic rings. The summed E-state index contributed by atoms with van der Waals surface area (Å²) in [6.07, 6.45) is 5.75. The summed E-state index contributed by atoms with van der Waals surface area (Å²) >= 11 is 0. The molecule has 2 saturated carbocycles. The van der Waals surface area contributed by atoms with Gasteiger partial charge in [0, 0.05) is 6.42 Å². The molecular weight excluding hydrogens is 494 g/mol. The van der Waals surface area contributed by atoms with E-state index in [0.717, 1.165) is 51.4 Å². The maximum absolute atomic E-state index is 13.3. The van der Waals surface area contributed by atoms with Gasteiger partial charge in [-0.15, -0.1) is 0 Å². The fraction of sp³-hybridized carbons (Fsp3) is 0.815. The summed E-state index contributed by atoms with van der Waals surface area (Å²) < 4.78 is 24.5. The van der Waals surface area contributed by atoms with Gasteiger partial charge in [0.05, 0.1) is 0 Å². The molecule has 2 atom stereocenters. The van der Waals surface area contributed by atoms with Gasteiger partial charge in [-0.05, 0) is 84.5 Å². The molecule has 0 spiro atoms. The van der Waals surface area contributed by atoms with Crippen LogP contribution in [-0.4, -0.2) is 66.3 Å². The Morgan fingerprint density at radius 2 is 1.47 bits per heavy atom. The van der Waals surface area contributed by atoms with Gasteiger partial charge in [-0.1, -0.05) is 13.8 Å². The predicted molar refractivity (Wildman–Crippen MR) is 139 cm³/mol. The third kappa shape index (κ3) is 11.7. The summed E-state index contributed by atoms with van der Waals surface area (Å²) in [7, 11) is 0. The highest BCUT2D eigenvalue weighted by molar-refractivity contribution is 5.92. The monoisotopic (exact) mass is 540 g/mol. The number of alkyl carbamates (subject to hydrolysis) is 1. The zero-order valence-corrected chi connectivity index (χ0v) is 23.4. The van der Waals surface area contributed by atoms with Crippen LogP contribution in [0.4, 0.5) is 4.79 Å². The van der Waals surface area contributed by atoms with Gasteiger partial charge in [-0.3, -0.25) is 14.4 Å². The van der Waals surface area contributed by atoms with E-state index in [0.29, 0.717) is 5.31 Å². The summed E-state index contributed by atoms with van der Waals surface area (Å²) in [5, 5.41) is 5.38. The number of rotatable bonds is 12. The third-order valence-corrected chi connectivity index (χ3v) is 6.39. The minimum Gasteiger partial charge on any atom is -0.462 e. The number of carbonyl (C=O) groups is 5. The topological polar surface area (TPSA) is 149 Å². The van der Waals surface area contributed by atoms with E-state index < -0.39 is 60.0 Å². The van der Waals surface area contributed by atoms with E-state index in [9.17, 15) is 24.0 Å². The maximum atomic E-state index is 13.3. The molecule has 2 fully saturated rings. The van der Waals surface area contributed by atoms with Crippen LogP contribution >= 0.6 is 0 Å². The van der Waals surface area contributed by atoms with E-state index in [1.165, 1.54) is 0 Å². The first-order valence-corrected chi connectivity index (χ1v) is 13.7. The van der Waals surface area contributed by atoms with Crippen molar-refractivity contribution in [3.63, 3.8) is 0 Å². The van der Waals surface area contributed by atoms with Gasteiger partial charge in [-0.2, -0.15) is 0 Å². The van der Waals surface area contributed by atoms with Crippen LogP contribution < -0.4 is 15.9 Å². The number of amides is 3. The molecule has 2 rings (SSSR count). The van der Waals surface area contributed by atoms with Gasteiger partial charge in [0.2, 0.25) is 11.8 Å². The first-order chi connectivity index (χ1) is 18.3. The van der Waals surface area contributed by atoms with Crippen molar-refractivity contribution in [2.45, 2.75) is 129 Å². The summed E-state index contributed by atoms with van der Waals surface area (Å²) in [6.45, 7) is 7.79. The van der Waals surface area contributed by atoms with Crippen molar-refractivity contribution in [1.82, 2.24) is 15.9 Å². The lowest BCUT2D eigenvalue weighted by Crippen LogP contribution is -2.55. The lowest BCUT2D eigenvalue weighted by atomic mass is 10.0. The zero-order valence-electron chi connectivity index (χ0n) is 24.4. The summed E-state index contributed by atoms with van der Waals surface area (Å²) in [5.74, 6) is -3.16. The van der Waals surface area contributed by atoms with Gasteiger partial charge in [0.15, 0.2) is 1.41 Å². The number of hydrogen-bond donors (Lipinski definition) is 3. The highest BCUT2D eigenvalue weighted by Crippen LogP contribution is 2.23. The van der Waals surface area contributed by atoms with E-state index >= 15 is 0 Å². The number of hydrogen-bond acceptors (Lipinski definition) is 8. The van der Waals surface area contributed by atoms with Crippen molar-refractivity contribution >= 4 is 29.8 Å². The third-order valence-electron chi connectivity index (χ3n) is 6.39.